The molecule has 5 heteroatoms. The molecule has 0 amide bonds. The predicted octanol–water partition coefficient (Wildman–Crippen LogP) is 2.24. The van der Waals surface area contributed by atoms with Gasteiger partial charge >= 0.3 is 0 Å². The quantitative estimate of drug-likeness (QED) is 0.594. The Morgan fingerprint density at radius 1 is 1.21 bits per heavy atom. The number of rotatable bonds is 11. The van der Waals surface area contributed by atoms with Crippen LogP contribution in [0.2, 0.25) is 0 Å². The lowest BCUT2D eigenvalue weighted by atomic mass is 9.80. The Bertz CT molecular complexity index is 322. The van der Waals surface area contributed by atoms with Gasteiger partial charge in [-0.1, -0.05) is 13.8 Å². The average molecular weight is 293 g/mol. The number of sulfone groups is 1. The first-order chi connectivity index (χ1) is 8.83. The van der Waals surface area contributed by atoms with Gasteiger partial charge in [0.25, 0.3) is 0 Å². The van der Waals surface area contributed by atoms with Crippen molar-refractivity contribution in [1.82, 2.24) is 5.32 Å². The van der Waals surface area contributed by atoms with E-state index in [2.05, 4.69) is 19.2 Å². The predicted molar refractivity (Wildman–Crippen MR) is 81.3 cm³/mol. The molecule has 4 nitrogen and oxygen atoms in total. The standard InChI is InChI=1S/C14H31NO3S/c1-6-14(7-2,12-15-9-10-18-5)8-11-19(16,17)13(3)4/h13,15H,6-12H2,1-5H3. The Hall–Kier alpha value is -0.130. The summed E-state index contributed by atoms with van der Waals surface area (Å²) in [6, 6.07) is 0. The fourth-order valence-electron chi connectivity index (χ4n) is 2.06. The first-order valence-corrected chi connectivity index (χ1v) is 8.96. The lowest BCUT2D eigenvalue weighted by Crippen LogP contribution is -2.37. The summed E-state index contributed by atoms with van der Waals surface area (Å²) in [6.45, 7) is 10.2. The lowest BCUT2D eigenvalue weighted by molar-refractivity contribution is 0.184. The second kappa shape index (κ2) is 8.93. The molecule has 0 saturated heterocycles. The van der Waals surface area contributed by atoms with Gasteiger partial charge in [0.1, 0.15) is 0 Å². The summed E-state index contributed by atoms with van der Waals surface area (Å²) >= 11 is 0. The molecule has 0 fully saturated rings. The molecule has 0 unspecified atom stereocenters. The fourth-order valence-corrected chi connectivity index (χ4v) is 3.25. The van der Waals surface area contributed by atoms with Gasteiger partial charge in [-0.25, -0.2) is 8.42 Å². The zero-order valence-electron chi connectivity index (χ0n) is 13.2. The molecular weight excluding hydrogens is 262 g/mol. The summed E-state index contributed by atoms with van der Waals surface area (Å²) in [5.74, 6) is 0.290. The van der Waals surface area contributed by atoms with Gasteiger partial charge in [-0.05, 0) is 38.5 Å². The van der Waals surface area contributed by atoms with Crippen LogP contribution < -0.4 is 5.32 Å². The monoisotopic (exact) mass is 293 g/mol. The van der Waals surface area contributed by atoms with E-state index in [0.717, 1.165) is 32.4 Å². The highest BCUT2D eigenvalue weighted by Gasteiger charge is 2.28. The highest BCUT2D eigenvalue weighted by molar-refractivity contribution is 7.91. The molecular formula is C14H31NO3S. The van der Waals surface area contributed by atoms with Crippen molar-refractivity contribution in [2.45, 2.75) is 52.2 Å². The maximum atomic E-state index is 11.9. The van der Waals surface area contributed by atoms with Crippen molar-refractivity contribution in [2.24, 2.45) is 5.41 Å². The summed E-state index contributed by atoms with van der Waals surface area (Å²) in [4.78, 5) is 0. The Balaban J connectivity index is 4.46. The number of methoxy groups -OCH3 is 1. The maximum absolute atomic E-state index is 11.9. The van der Waals surface area contributed by atoms with Crippen LogP contribution in [0.5, 0.6) is 0 Å². The van der Waals surface area contributed by atoms with Gasteiger partial charge < -0.3 is 10.1 Å². The van der Waals surface area contributed by atoms with E-state index in [1.165, 1.54) is 0 Å². The van der Waals surface area contributed by atoms with E-state index >= 15 is 0 Å². The van der Waals surface area contributed by atoms with Crippen molar-refractivity contribution >= 4 is 9.84 Å². The topological polar surface area (TPSA) is 55.4 Å². The number of nitrogens with one attached hydrogen (secondary N) is 1. The van der Waals surface area contributed by atoms with Crippen molar-refractivity contribution in [3.63, 3.8) is 0 Å². The zero-order chi connectivity index (χ0) is 14.9. The summed E-state index contributed by atoms with van der Waals surface area (Å²) in [7, 11) is -1.25. The van der Waals surface area contributed by atoms with Crippen molar-refractivity contribution < 1.29 is 13.2 Å². The summed E-state index contributed by atoms with van der Waals surface area (Å²) in [6.07, 6.45) is 2.73. The van der Waals surface area contributed by atoms with Gasteiger partial charge in [0.15, 0.2) is 9.84 Å². The first-order valence-electron chi connectivity index (χ1n) is 7.24. The van der Waals surface area contributed by atoms with Crippen LogP contribution in [0, 0.1) is 5.41 Å². The van der Waals surface area contributed by atoms with E-state index in [1.54, 1.807) is 21.0 Å². The van der Waals surface area contributed by atoms with Crippen LogP contribution in [0.15, 0.2) is 0 Å². The highest BCUT2D eigenvalue weighted by Crippen LogP contribution is 2.30. The smallest absolute Gasteiger partial charge is 0.152 e. The van der Waals surface area contributed by atoms with Gasteiger partial charge in [0.05, 0.1) is 17.6 Å². The molecule has 0 heterocycles. The Morgan fingerprint density at radius 3 is 2.21 bits per heavy atom. The molecule has 0 aliphatic heterocycles. The van der Waals surface area contributed by atoms with Crippen LogP contribution in [-0.2, 0) is 14.6 Å². The average Bonchev–Trinajstić information content (AvgIpc) is 2.38. The molecule has 0 atom stereocenters. The van der Waals surface area contributed by atoms with E-state index in [9.17, 15) is 8.42 Å². The van der Waals surface area contributed by atoms with Gasteiger partial charge in [-0.3, -0.25) is 0 Å². The van der Waals surface area contributed by atoms with Crippen molar-refractivity contribution in [3.8, 4) is 0 Å². The minimum absolute atomic E-state index is 0.0791. The molecule has 19 heavy (non-hydrogen) atoms. The van der Waals surface area contributed by atoms with Crippen LogP contribution in [0.3, 0.4) is 0 Å². The maximum Gasteiger partial charge on any atom is 0.152 e. The second-order valence-corrected chi connectivity index (χ2v) is 8.22. The lowest BCUT2D eigenvalue weighted by Gasteiger charge is -2.32. The molecule has 0 aromatic heterocycles. The minimum atomic E-state index is -2.94. The van der Waals surface area contributed by atoms with E-state index in [1.807, 2.05) is 0 Å². The molecule has 0 aliphatic carbocycles. The normalized spacial score (nSPS) is 13.2. The van der Waals surface area contributed by atoms with Crippen molar-refractivity contribution in [1.29, 1.82) is 0 Å². The minimum Gasteiger partial charge on any atom is -0.383 e. The van der Waals surface area contributed by atoms with E-state index in [0.29, 0.717) is 6.61 Å². The molecule has 0 rings (SSSR count). The van der Waals surface area contributed by atoms with Crippen LogP contribution in [0.4, 0.5) is 0 Å². The Morgan fingerprint density at radius 2 is 1.79 bits per heavy atom. The molecule has 116 valence electrons. The molecule has 0 aromatic carbocycles. The summed E-state index contributed by atoms with van der Waals surface area (Å²) in [5.41, 5.74) is 0.0791. The molecule has 0 saturated carbocycles. The summed E-state index contributed by atoms with van der Waals surface area (Å²) in [5, 5.41) is 3.10. The molecule has 0 bridgehead atoms. The first kappa shape index (κ1) is 18.9. The van der Waals surface area contributed by atoms with Crippen LogP contribution in [-0.4, -0.2) is 46.2 Å². The summed E-state index contributed by atoms with van der Waals surface area (Å²) < 4.78 is 28.9. The number of ether oxygens (including phenoxy) is 1. The fraction of sp³-hybridized carbons (Fsp3) is 1.00. The third-order valence-corrected chi connectivity index (χ3v) is 6.33. The van der Waals surface area contributed by atoms with Crippen LogP contribution in [0.1, 0.15) is 47.0 Å². The zero-order valence-corrected chi connectivity index (χ0v) is 14.0. The molecule has 0 aliphatic rings. The van der Waals surface area contributed by atoms with E-state index in [-0.39, 0.29) is 16.4 Å². The van der Waals surface area contributed by atoms with Gasteiger partial charge in [-0.2, -0.15) is 0 Å². The third kappa shape index (κ3) is 6.72. The second-order valence-electron chi connectivity index (χ2n) is 5.54. The largest absolute Gasteiger partial charge is 0.383 e. The van der Waals surface area contributed by atoms with Crippen molar-refractivity contribution in [3.05, 3.63) is 0 Å². The van der Waals surface area contributed by atoms with Crippen LogP contribution >= 0.6 is 0 Å². The number of hydrogen-bond acceptors (Lipinski definition) is 4. The van der Waals surface area contributed by atoms with Crippen LogP contribution in [0.25, 0.3) is 0 Å². The third-order valence-electron chi connectivity index (χ3n) is 4.12. The molecule has 1 N–H and O–H groups in total. The molecule has 0 spiro atoms. The molecule has 0 radical (unpaired) electrons. The van der Waals surface area contributed by atoms with E-state index < -0.39 is 9.84 Å². The van der Waals surface area contributed by atoms with Gasteiger partial charge in [0.2, 0.25) is 0 Å². The SMILES string of the molecule is CCC(CC)(CCS(=O)(=O)C(C)C)CNCCOC. The van der Waals surface area contributed by atoms with Gasteiger partial charge in [-0.15, -0.1) is 0 Å². The number of hydrogen-bond donors (Lipinski definition) is 1. The van der Waals surface area contributed by atoms with E-state index in [4.69, 9.17) is 4.74 Å². The molecule has 0 aromatic rings. The highest BCUT2D eigenvalue weighted by atomic mass is 32.2. The Kier molecular flexibility index (Phi) is 8.86. The van der Waals surface area contributed by atoms with Gasteiger partial charge in [0, 0.05) is 20.2 Å². The Labute approximate surface area is 119 Å². The van der Waals surface area contributed by atoms with Crippen molar-refractivity contribution in [2.75, 3.05) is 32.6 Å².